The summed E-state index contributed by atoms with van der Waals surface area (Å²) >= 11 is 0. The van der Waals surface area contributed by atoms with Crippen LogP contribution in [-0.4, -0.2) is 10.1 Å². The maximum absolute atomic E-state index is 11.2. The van der Waals surface area contributed by atoms with Gasteiger partial charge in [0, 0.05) is 18.0 Å². The fraction of sp³-hybridized carbons (Fsp3) is 0.0625. The molecule has 1 aromatic carbocycles. The fourth-order valence-electron chi connectivity index (χ4n) is 2.19. The number of nitrogens with zero attached hydrogens (tertiary/aromatic N) is 1. The molecule has 94 valence electrons. The average molecular weight is 251 g/mol. The highest BCUT2D eigenvalue weighted by Gasteiger charge is 2.36. The Bertz CT molecular complexity index is 594. The first-order valence-corrected chi connectivity index (χ1v) is 6.04. The van der Waals surface area contributed by atoms with Gasteiger partial charge >= 0.3 is 0 Å². The molecule has 0 aliphatic carbocycles. The third-order valence-electron chi connectivity index (χ3n) is 3.15. The van der Waals surface area contributed by atoms with Gasteiger partial charge in [0.25, 0.3) is 0 Å². The second-order valence-electron chi connectivity index (χ2n) is 4.30. The highest BCUT2D eigenvalue weighted by molar-refractivity contribution is 5.42. The predicted molar refractivity (Wildman–Crippen MR) is 71.5 cm³/mol. The molecule has 3 aromatic rings. The lowest BCUT2D eigenvalue weighted by Gasteiger charge is -2.26. The van der Waals surface area contributed by atoms with Crippen LogP contribution in [0.25, 0.3) is 0 Å². The molecular weight excluding hydrogens is 238 g/mol. The third-order valence-corrected chi connectivity index (χ3v) is 3.15. The fourth-order valence-corrected chi connectivity index (χ4v) is 2.19. The molecule has 2 heterocycles. The molecule has 3 nitrogen and oxygen atoms in total. The molecule has 0 amide bonds. The van der Waals surface area contributed by atoms with Crippen molar-refractivity contribution >= 4 is 0 Å². The van der Waals surface area contributed by atoms with Crippen LogP contribution in [0.5, 0.6) is 0 Å². The second kappa shape index (κ2) is 4.71. The number of aliphatic hydroxyl groups is 1. The number of aromatic nitrogens is 1. The molecule has 0 aliphatic heterocycles. The van der Waals surface area contributed by atoms with Crippen LogP contribution in [0.2, 0.25) is 0 Å². The van der Waals surface area contributed by atoms with Crippen molar-refractivity contribution in [1.82, 2.24) is 4.98 Å². The number of hydrogen-bond acceptors (Lipinski definition) is 3. The number of hydrogen-bond donors (Lipinski definition) is 1. The van der Waals surface area contributed by atoms with Crippen molar-refractivity contribution in [3.63, 3.8) is 0 Å². The Morgan fingerprint density at radius 2 is 1.68 bits per heavy atom. The van der Waals surface area contributed by atoms with Gasteiger partial charge in [0.05, 0.1) is 6.26 Å². The first kappa shape index (κ1) is 11.7. The normalized spacial score (nSPS) is 13.9. The summed E-state index contributed by atoms with van der Waals surface area (Å²) in [4.78, 5) is 4.08. The van der Waals surface area contributed by atoms with Crippen LogP contribution >= 0.6 is 0 Å². The van der Waals surface area contributed by atoms with Crippen molar-refractivity contribution in [2.45, 2.75) is 5.60 Å². The molecular formula is C16H13NO2. The zero-order valence-electron chi connectivity index (χ0n) is 10.2. The van der Waals surface area contributed by atoms with Crippen LogP contribution in [0.4, 0.5) is 0 Å². The SMILES string of the molecule is OC(c1ccccc1)(c1cccnc1)c1ccco1. The minimum Gasteiger partial charge on any atom is -0.466 e. The molecule has 0 spiro atoms. The molecule has 0 bridgehead atoms. The van der Waals surface area contributed by atoms with E-state index in [1.165, 1.54) is 0 Å². The van der Waals surface area contributed by atoms with E-state index < -0.39 is 5.60 Å². The third kappa shape index (κ3) is 1.94. The highest BCUT2D eigenvalue weighted by Crippen LogP contribution is 2.36. The van der Waals surface area contributed by atoms with E-state index in [2.05, 4.69) is 4.98 Å². The zero-order valence-corrected chi connectivity index (χ0v) is 10.2. The van der Waals surface area contributed by atoms with E-state index in [-0.39, 0.29) is 0 Å². The van der Waals surface area contributed by atoms with Crippen LogP contribution < -0.4 is 0 Å². The number of pyridine rings is 1. The van der Waals surface area contributed by atoms with Gasteiger partial charge in [-0.05, 0) is 23.8 Å². The van der Waals surface area contributed by atoms with Gasteiger partial charge in [-0.3, -0.25) is 4.98 Å². The van der Waals surface area contributed by atoms with Gasteiger partial charge in [-0.1, -0.05) is 36.4 Å². The molecule has 0 saturated heterocycles. The summed E-state index contributed by atoms with van der Waals surface area (Å²) in [6, 6.07) is 16.6. The molecule has 0 fully saturated rings. The first-order chi connectivity index (χ1) is 9.32. The quantitative estimate of drug-likeness (QED) is 0.778. The van der Waals surface area contributed by atoms with Crippen LogP contribution in [0.15, 0.2) is 77.7 Å². The highest BCUT2D eigenvalue weighted by atomic mass is 16.4. The van der Waals surface area contributed by atoms with Crippen LogP contribution in [0.1, 0.15) is 16.9 Å². The van der Waals surface area contributed by atoms with Gasteiger partial charge in [0.1, 0.15) is 5.76 Å². The van der Waals surface area contributed by atoms with Gasteiger partial charge in [-0.15, -0.1) is 0 Å². The Labute approximate surface area is 111 Å². The predicted octanol–water partition coefficient (Wildman–Crippen LogP) is 2.96. The van der Waals surface area contributed by atoms with E-state index >= 15 is 0 Å². The number of rotatable bonds is 3. The lowest BCUT2D eigenvalue weighted by Crippen LogP contribution is -2.28. The van der Waals surface area contributed by atoms with Crippen LogP contribution in [0.3, 0.4) is 0 Å². The maximum Gasteiger partial charge on any atom is 0.174 e. The van der Waals surface area contributed by atoms with E-state index in [0.717, 1.165) is 5.56 Å². The van der Waals surface area contributed by atoms with E-state index in [1.807, 2.05) is 36.4 Å². The van der Waals surface area contributed by atoms with Crippen molar-refractivity contribution in [2.24, 2.45) is 0 Å². The molecule has 1 N–H and O–H groups in total. The molecule has 1 atom stereocenters. The summed E-state index contributed by atoms with van der Waals surface area (Å²) in [5, 5.41) is 11.2. The summed E-state index contributed by atoms with van der Waals surface area (Å²) in [5.41, 5.74) is 0.105. The monoisotopic (exact) mass is 251 g/mol. The molecule has 0 aliphatic rings. The van der Waals surface area contributed by atoms with Crippen LogP contribution in [-0.2, 0) is 5.60 Å². The summed E-state index contributed by atoms with van der Waals surface area (Å²) < 4.78 is 5.43. The Morgan fingerprint density at radius 3 is 2.32 bits per heavy atom. The maximum atomic E-state index is 11.2. The van der Waals surface area contributed by atoms with Gasteiger partial charge in [-0.2, -0.15) is 0 Å². The number of furan rings is 1. The van der Waals surface area contributed by atoms with Crippen molar-refractivity contribution in [2.75, 3.05) is 0 Å². The van der Waals surface area contributed by atoms with Crippen molar-refractivity contribution in [3.05, 3.63) is 90.1 Å². The molecule has 0 radical (unpaired) electrons. The van der Waals surface area contributed by atoms with Gasteiger partial charge in [-0.25, -0.2) is 0 Å². The van der Waals surface area contributed by atoms with E-state index in [9.17, 15) is 5.11 Å². The molecule has 19 heavy (non-hydrogen) atoms. The Hall–Kier alpha value is -2.39. The summed E-state index contributed by atoms with van der Waals surface area (Å²) in [6.45, 7) is 0. The molecule has 2 aromatic heterocycles. The molecule has 3 heteroatoms. The van der Waals surface area contributed by atoms with Crippen LogP contribution in [0, 0.1) is 0 Å². The van der Waals surface area contributed by atoms with Crippen molar-refractivity contribution < 1.29 is 9.52 Å². The van der Waals surface area contributed by atoms with Crippen molar-refractivity contribution in [1.29, 1.82) is 0 Å². The Kier molecular flexibility index (Phi) is 2.89. The Morgan fingerprint density at radius 1 is 0.895 bits per heavy atom. The minimum atomic E-state index is -1.32. The first-order valence-electron chi connectivity index (χ1n) is 6.04. The largest absolute Gasteiger partial charge is 0.466 e. The smallest absolute Gasteiger partial charge is 0.174 e. The second-order valence-corrected chi connectivity index (χ2v) is 4.30. The molecule has 3 rings (SSSR count). The summed E-state index contributed by atoms with van der Waals surface area (Å²) in [7, 11) is 0. The van der Waals surface area contributed by atoms with Crippen molar-refractivity contribution in [3.8, 4) is 0 Å². The van der Waals surface area contributed by atoms with E-state index in [1.54, 1.807) is 36.9 Å². The number of benzene rings is 1. The molecule has 1 unspecified atom stereocenters. The van der Waals surface area contributed by atoms with Gasteiger partial charge in [0.2, 0.25) is 0 Å². The Balaban J connectivity index is 2.23. The van der Waals surface area contributed by atoms with Gasteiger partial charge < -0.3 is 9.52 Å². The molecule has 0 saturated carbocycles. The van der Waals surface area contributed by atoms with Gasteiger partial charge in [0.15, 0.2) is 5.60 Å². The minimum absolute atomic E-state index is 0.478. The van der Waals surface area contributed by atoms with E-state index in [0.29, 0.717) is 11.3 Å². The summed E-state index contributed by atoms with van der Waals surface area (Å²) in [5.74, 6) is 0.478. The lowest BCUT2D eigenvalue weighted by molar-refractivity contribution is 0.0986. The lowest BCUT2D eigenvalue weighted by atomic mass is 9.85. The zero-order chi connectivity index (χ0) is 13.1. The van der Waals surface area contributed by atoms with E-state index in [4.69, 9.17) is 4.42 Å². The topological polar surface area (TPSA) is 46.3 Å². The summed E-state index contributed by atoms with van der Waals surface area (Å²) in [6.07, 6.45) is 4.88. The standard InChI is InChI=1S/C16H13NO2/c18-16(15-9-5-11-19-15,13-6-2-1-3-7-13)14-8-4-10-17-12-14/h1-12,18H. The average Bonchev–Trinajstić information content (AvgIpc) is 3.03.